The summed E-state index contributed by atoms with van der Waals surface area (Å²) in [5, 5.41) is 4.08. The minimum Gasteiger partial charge on any atom is -0.353 e. The van der Waals surface area contributed by atoms with Crippen molar-refractivity contribution in [1.82, 2.24) is 20.2 Å². The summed E-state index contributed by atoms with van der Waals surface area (Å²) in [6.07, 6.45) is 2.53. The number of nitrogens with zero attached hydrogens (tertiary/aromatic N) is 4. The van der Waals surface area contributed by atoms with Crippen molar-refractivity contribution >= 4 is 33.3 Å². The number of fused-ring (bicyclic) bond motifs is 1. The zero-order chi connectivity index (χ0) is 17.3. The predicted molar refractivity (Wildman–Crippen MR) is 99.1 cm³/mol. The number of rotatable bonds is 4. The van der Waals surface area contributed by atoms with E-state index in [0.717, 1.165) is 59.1 Å². The lowest BCUT2D eigenvalue weighted by molar-refractivity contribution is 0.0943. The lowest BCUT2D eigenvalue weighted by Gasteiger charge is -2.33. The number of thiophene rings is 1. The van der Waals surface area contributed by atoms with Crippen LogP contribution >= 0.6 is 11.3 Å². The fourth-order valence-electron chi connectivity index (χ4n) is 2.92. The van der Waals surface area contributed by atoms with Gasteiger partial charge in [0, 0.05) is 32.2 Å². The zero-order valence-corrected chi connectivity index (χ0v) is 15.6. The van der Waals surface area contributed by atoms with Gasteiger partial charge in [-0.05, 0) is 32.9 Å². The van der Waals surface area contributed by atoms with Gasteiger partial charge in [0.05, 0.1) is 10.3 Å². The van der Waals surface area contributed by atoms with Gasteiger partial charge in [0.25, 0.3) is 5.91 Å². The number of hydrogen-bond acceptors (Lipinski definition) is 6. The van der Waals surface area contributed by atoms with Gasteiger partial charge in [-0.2, -0.15) is 0 Å². The molecule has 1 saturated heterocycles. The minimum absolute atomic E-state index is 0.00539. The summed E-state index contributed by atoms with van der Waals surface area (Å²) in [5.41, 5.74) is 0.991. The van der Waals surface area contributed by atoms with Crippen LogP contribution in [0.25, 0.3) is 10.2 Å². The van der Waals surface area contributed by atoms with E-state index in [1.165, 1.54) is 11.3 Å². The Hall–Kier alpha value is -1.73. The summed E-state index contributed by atoms with van der Waals surface area (Å²) < 4.78 is 0. The van der Waals surface area contributed by atoms with Crippen molar-refractivity contribution in [1.29, 1.82) is 0 Å². The molecule has 0 radical (unpaired) electrons. The quantitative estimate of drug-likeness (QED) is 0.919. The van der Waals surface area contributed by atoms with Crippen LogP contribution in [0.3, 0.4) is 0 Å². The third-order valence-electron chi connectivity index (χ3n) is 4.71. The maximum absolute atomic E-state index is 12.6. The van der Waals surface area contributed by atoms with E-state index in [2.05, 4.69) is 39.1 Å². The van der Waals surface area contributed by atoms with Gasteiger partial charge < -0.3 is 15.1 Å². The van der Waals surface area contributed by atoms with Crippen molar-refractivity contribution in [2.24, 2.45) is 0 Å². The van der Waals surface area contributed by atoms with Crippen molar-refractivity contribution in [2.45, 2.75) is 33.2 Å². The molecule has 0 spiro atoms. The third kappa shape index (κ3) is 3.23. The van der Waals surface area contributed by atoms with Crippen LogP contribution in [-0.2, 0) is 0 Å². The van der Waals surface area contributed by atoms with Crippen molar-refractivity contribution in [3.05, 3.63) is 16.8 Å². The Morgan fingerprint density at radius 3 is 2.71 bits per heavy atom. The summed E-state index contributed by atoms with van der Waals surface area (Å²) in [5.74, 6) is 0.957. The van der Waals surface area contributed by atoms with Crippen LogP contribution in [0.1, 0.15) is 35.5 Å². The molecule has 2 aromatic heterocycles. The second-order valence-electron chi connectivity index (χ2n) is 6.51. The Morgan fingerprint density at radius 2 is 2.04 bits per heavy atom. The highest BCUT2D eigenvalue weighted by molar-refractivity contribution is 7.20. The van der Waals surface area contributed by atoms with Crippen molar-refractivity contribution in [3.63, 3.8) is 0 Å². The minimum atomic E-state index is -0.00539. The maximum Gasteiger partial charge on any atom is 0.261 e. The highest BCUT2D eigenvalue weighted by Crippen LogP contribution is 2.35. The first-order valence-electron chi connectivity index (χ1n) is 8.49. The highest BCUT2D eigenvalue weighted by atomic mass is 32.1. The van der Waals surface area contributed by atoms with E-state index in [-0.39, 0.29) is 11.9 Å². The summed E-state index contributed by atoms with van der Waals surface area (Å²) in [6, 6.07) is 0.172. The standard InChI is InChI=1S/C17H25N5OS/c1-5-11(2)20-16(23)14-12(3)13-15(18-10-19-17(13)24-14)22-8-6-21(4)7-9-22/h10-11H,5-9H2,1-4H3,(H,20,23)/t11-/m1/s1. The van der Waals surface area contributed by atoms with Gasteiger partial charge in [0.1, 0.15) is 17.0 Å². The van der Waals surface area contributed by atoms with Gasteiger partial charge in [-0.15, -0.1) is 11.3 Å². The lowest BCUT2D eigenvalue weighted by atomic mass is 10.1. The number of amides is 1. The molecule has 0 aliphatic carbocycles. The van der Waals surface area contributed by atoms with Crippen molar-refractivity contribution in [2.75, 3.05) is 38.1 Å². The molecule has 3 rings (SSSR count). The van der Waals surface area contributed by atoms with E-state index in [1.54, 1.807) is 6.33 Å². The van der Waals surface area contributed by atoms with Gasteiger partial charge in [0.2, 0.25) is 0 Å². The molecule has 0 bridgehead atoms. The number of carbonyl (C=O) groups is 1. The van der Waals surface area contributed by atoms with Crippen molar-refractivity contribution in [3.8, 4) is 0 Å². The highest BCUT2D eigenvalue weighted by Gasteiger charge is 2.24. The SMILES string of the molecule is CC[C@@H](C)NC(=O)c1sc2ncnc(N3CCN(C)CC3)c2c1C. The number of piperazine rings is 1. The van der Waals surface area contributed by atoms with Crippen LogP contribution in [0.4, 0.5) is 5.82 Å². The summed E-state index contributed by atoms with van der Waals surface area (Å²) >= 11 is 1.46. The number of carbonyl (C=O) groups excluding carboxylic acids is 1. The van der Waals surface area contributed by atoms with Crippen LogP contribution < -0.4 is 10.2 Å². The molecule has 2 aromatic rings. The second-order valence-corrected chi connectivity index (χ2v) is 7.51. The van der Waals surface area contributed by atoms with Crippen LogP contribution in [0, 0.1) is 6.92 Å². The fraction of sp³-hybridized carbons (Fsp3) is 0.588. The predicted octanol–water partition coefficient (Wildman–Crippen LogP) is 2.28. The zero-order valence-electron chi connectivity index (χ0n) is 14.8. The molecule has 0 saturated carbocycles. The van der Waals surface area contributed by atoms with E-state index in [0.29, 0.717) is 0 Å². The van der Waals surface area contributed by atoms with Crippen LogP contribution in [0.5, 0.6) is 0 Å². The number of anilines is 1. The maximum atomic E-state index is 12.6. The molecule has 1 aliphatic rings. The average molecular weight is 347 g/mol. The van der Waals surface area contributed by atoms with E-state index in [9.17, 15) is 4.79 Å². The molecule has 130 valence electrons. The molecule has 24 heavy (non-hydrogen) atoms. The Bertz CT molecular complexity index is 736. The van der Waals surface area contributed by atoms with Gasteiger partial charge in [-0.25, -0.2) is 9.97 Å². The van der Waals surface area contributed by atoms with Crippen molar-refractivity contribution < 1.29 is 4.79 Å². The Morgan fingerprint density at radius 1 is 1.33 bits per heavy atom. The van der Waals surface area contributed by atoms with E-state index in [4.69, 9.17) is 0 Å². The summed E-state index contributed by atoms with van der Waals surface area (Å²) in [4.78, 5) is 27.8. The largest absolute Gasteiger partial charge is 0.353 e. The van der Waals surface area contributed by atoms with E-state index < -0.39 is 0 Å². The molecule has 0 aromatic carbocycles. The summed E-state index contributed by atoms with van der Waals surface area (Å²) in [6.45, 7) is 10.0. The molecule has 1 amide bonds. The van der Waals surface area contributed by atoms with Gasteiger partial charge in [-0.3, -0.25) is 4.79 Å². The van der Waals surface area contributed by atoms with Crippen LogP contribution in [0.15, 0.2) is 6.33 Å². The smallest absolute Gasteiger partial charge is 0.261 e. The molecule has 1 N–H and O–H groups in total. The number of likely N-dealkylation sites (N-methyl/N-ethyl adjacent to an activating group) is 1. The van der Waals surface area contributed by atoms with Gasteiger partial charge in [0.15, 0.2) is 0 Å². The fourth-order valence-corrected chi connectivity index (χ4v) is 3.97. The molecule has 1 atom stereocenters. The monoisotopic (exact) mass is 347 g/mol. The Kier molecular flexibility index (Phi) is 5.01. The van der Waals surface area contributed by atoms with Crippen LogP contribution in [0.2, 0.25) is 0 Å². The van der Waals surface area contributed by atoms with Crippen LogP contribution in [-0.4, -0.2) is 60.0 Å². The number of nitrogens with one attached hydrogen (secondary N) is 1. The molecular formula is C17H25N5OS. The lowest BCUT2D eigenvalue weighted by Crippen LogP contribution is -2.44. The normalized spacial score (nSPS) is 17.2. The number of aryl methyl sites for hydroxylation is 1. The number of aromatic nitrogens is 2. The molecule has 1 aliphatic heterocycles. The first-order chi connectivity index (χ1) is 11.5. The van der Waals surface area contributed by atoms with E-state index >= 15 is 0 Å². The first kappa shape index (κ1) is 17.1. The van der Waals surface area contributed by atoms with Gasteiger partial charge in [-0.1, -0.05) is 6.92 Å². The molecule has 6 nitrogen and oxygen atoms in total. The second kappa shape index (κ2) is 7.03. The van der Waals surface area contributed by atoms with Gasteiger partial charge >= 0.3 is 0 Å². The Balaban J connectivity index is 1.96. The average Bonchev–Trinajstić information content (AvgIpc) is 2.93. The van der Waals surface area contributed by atoms with E-state index in [1.807, 2.05) is 13.8 Å². The first-order valence-corrected chi connectivity index (χ1v) is 9.31. The third-order valence-corrected chi connectivity index (χ3v) is 5.90. The molecule has 1 fully saturated rings. The molecule has 3 heterocycles. The Labute approximate surface area is 146 Å². The number of hydrogen-bond donors (Lipinski definition) is 1. The molecule has 7 heteroatoms. The topological polar surface area (TPSA) is 61.4 Å². The molecular weight excluding hydrogens is 322 g/mol. The summed E-state index contributed by atoms with van der Waals surface area (Å²) in [7, 11) is 2.14. The molecule has 0 unspecified atom stereocenters.